The summed E-state index contributed by atoms with van der Waals surface area (Å²) in [5, 5.41) is 0. The molecule has 1 heterocycles. The third-order valence-corrected chi connectivity index (χ3v) is 5.38. The highest BCUT2D eigenvalue weighted by molar-refractivity contribution is 8.26. The van der Waals surface area contributed by atoms with E-state index in [-0.39, 0.29) is 11.9 Å². The van der Waals surface area contributed by atoms with Gasteiger partial charge in [-0.1, -0.05) is 69.0 Å². The second-order valence-corrected chi connectivity index (χ2v) is 8.15. The molecule has 140 valence electrons. The van der Waals surface area contributed by atoms with Crippen molar-refractivity contribution in [1.29, 1.82) is 0 Å². The Morgan fingerprint density at radius 1 is 1.31 bits per heavy atom. The second-order valence-electron chi connectivity index (χ2n) is 6.48. The highest BCUT2D eigenvalue weighted by Gasteiger charge is 2.31. The lowest BCUT2D eigenvalue weighted by Crippen LogP contribution is -2.29. The van der Waals surface area contributed by atoms with Crippen LogP contribution in [0.4, 0.5) is 0 Å². The minimum Gasteiger partial charge on any atom is -0.466 e. The van der Waals surface area contributed by atoms with Crippen LogP contribution in [0.2, 0.25) is 0 Å². The summed E-state index contributed by atoms with van der Waals surface area (Å²) in [7, 11) is 0. The molecule has 1 aliphatic heterocycles. The maximum absolute atomic E-state index is 12.6. The van der Waals surface area contributed by atoms with Crippen molar-refractivity contribution in [2.45, 2.75) is 46.0 Å². The SMILES string of the molecule is CCCOC(=O)CCCN1C(=O)/C(=C\c2ccc(C(C)C)cc2)SC1=S. The van der Waals surface area contributed by atoms with Crippen LogP contribution in [0.25, 0.3) is 6.08 Å². The van der Waals surface area contributed by atoms with Crippen LogP contribution in [0.15, 0.2) is 29.2 Å². The van der Waals surface area contributed by atoms with Gasteiger partial charge in [-0.15, -0.1) is 0 Å². The van der Waals surface area contributed by atoms with Crippen LogP contribution in [0.5, 0.6) is 0 Å². The number of thiocarbonyl (C=S) groups is 1. The molecule has 1 saturated heterocycles. The van der Waals surface area contributed by atoms with Crippen LogP contribution < -0.4 is 0 Å². The van der Waals surface area contributed by atoms with Crippen LogP contribution in [-0.4, -0.2) is 34.2 Å². The topological polar surface area (TPSA) is 46.6 Å². The number of thioether (sulfide) groups is 1. The van der Waals surface area contributed by atoms with E-state index in [1.165, 1.54) is 17.3 Å². The summed E-state index contributed by atoms with van der Waals surface area (Å²) in [6, 6.07) is 8.20. The first-order valence-corrected chi connectivity index (χ1v) is 10.2. The van der Waals surface area contributed by atoms with Crippen LogP contribution >= 0.6 is 24.0 Å². The predicted octanol–water partition coefficient (Wildman–Crippen LogP) is 4.74. The summed E-state index contributed by atoms with van der Waals surface area (Å²) in [6.45, 7) is 7.14. The molecule has 0 unspecified atom stereocenters. The number of carbonyl (C=O) groups is 2. The Bertz CT molecular complexity index is 696. The summed E-state index contributed by atoms with van der Waals surface area (Å²) in [4.78, 5) is 26.3. The molecule has 1 aliphatic rings. The van der Waals surface area contributed by atoms with Crippen molar-refractivity contribution in [1.82, 2.24) is 4.90 Å². The number of hydrogen-bond acceptors (Lipinski definition) is 5. The lowest BCUT2D eigenvalue weighted by Gasteiger charge is -2.13. The van der Waals surface area contributed by atoms with Gasteiger partial charge in [0, 0.05) is 13.0 Å². The van der Waals surface area contributed by atoms with Crippen LogP contribution in [-0.2, 0) is 14.3 Å². The van der Waals surface area contributed by atoms with Gasteiger partial charge in [-0.3, -0.25) is 14.5 Å². The van der Waals surface area contributed by atoms with Gasteiger partial charge in [-0.05, 0) is 36.0 Å². The molecule has 1 aromatic rings. The molecule has 0 saturated carbocycles. The molecule has 0 spiro atoms. The maximum Gasteiger partial charge on any atom is 0.305 e. The van der Waals surface area contributed by atoms with E-state index < -0.39 is 0 Å². The zero-order chi connectivity index (χ0) is 19.1. The second kappa shape index (κ2) is 9.88. The van der Waals surface area contributed by atoms with Crippen LogP contribution in [0.3, 0.4) is 0 Å². The number of benzene rings is 1. The van der Waals surface area contributed by atoms with E-state index in [1.54, 1.807) is 4.90 Å². The normalized spacial score (nSPS) is 16.0. The molecular formula is C20H25NO3S2. The van der Waals surface area contributed by atoms with Crippen molar-refractivity contribution < 1.29 is 14.3 Å². The Hall–Kier alpha value is -1.66. The van der Waals surface area contributed by atoms with Gasteiger partial charge in [0.2, 0.25) is 0 Å². The fourth-order valence-electron chi connectivity index (χ4n) is 2.49. The van der Waals surface area contributed by atoms with Crippen LogP contribution in [0.1, 0.15) is 57.1 Å². The van der Waals surface area contributed by atoms with Crippen LogP contribution in [0, 0.1) is 0 Å². The molecule has 0 N–H and O–H groups in total. The Morgan fingerprint density at radius 2 is 2.00 bits per heavy atom. The van der Waals surface area contributed by atoms with E-state index in [4.69, 9.17) is 17.0 Å². The Kier molecular flexibility index (Phi) is 7.85. The first-order chi connectivity index (χ1) is 12.4. The minimum absolute atomic E-state index is 0.0881. The molecular weight excluding hydrogens is 366 g/mol. The third-order valence-electron chi connectivity index (χ3n) is 4.00. The molecule has 0 aliphatic carbocycles. The largest absolute Gasteiger partial charge is 0.466 e. The van der Waals surface area contributed by atoms with E-state index in [0.717, 1.165) is 12.0 Å². The molecule has 0 atom stereocenters. The molecule has 0 radical (unpaired) electrons. The van der Waals surface area contributed by atoms with Crippen molar-refractivity contribution in [3.05, 3.63) is 40.3 Å². The van der Waals surface area contributed by atoms with Crippen molar-refractivity contribution in [3.8, 4) is 0 Å². The van der Waals surface area contributed by atoms with E-state index in [9.17, 15) is 9.59 Å². The molecule has 6 heteroatoms. The number of nitrogens with zero attached hydrogens (tertiary/aromatic N) is 1. The van der Waals surface area contributed by atoms with Gasteiger partial charge in [-0.25, -0.2) is 0 Å². The van der Waals surface area contributed by atoms with Crippen molar-refractivity contribution in [2.24, 2.45) is 0 Å². The van der Waals surface area contributed by atoms with Crippen molar-refractivity contribution >= 4 is 46.3 Å². The first-order valence-electron chi connectivity index (χ1n) is 8.93. The summed E-state index contributed by atoms with van der Waals surface area (Å²) < 4.78 is 5.59. The molecule has 26 heavy (non-hydrogen) atoms. The van der Waals surface area contributed by atoms with Gasteiger partial charge in [0.15, 0.2) is 0 Å². The molecule has 1 amide bonds. The fourth-order valence-corrected chi connectivity index (χ4v) is 3.80. The number of amides is 1. The van der Waals surface area contributed by atoms with E-state index >= 15 is 0 Å². The maximum atomic E-state index is 12.6. The number of rotatable bonds is 8. The number of hydrogen-bond donors (Lipinski definition) is 0. The highest BCUT2D eigenvalue weighted by atomic mass is 32.2. The molecule has 0 aromatic heterocycles. The molecule has 1 fully saturated rings. The highest BCUT2D eigenvalue weighted by Crippen LogP contribution is 2.32. The molecule has 1 aromatic carbocycles. The Morgan fingerprint density at radius 3 is 2.62 bits per heavy atom. The van der Waals surface area contributed by atoms with Gasteiger partial charge in [0.1, 0.15) is 4.32 Å². The Balaban J connectivity index is 1.94. The number of esters is 1. The van der Waals surface area contributed by atoms with E-state index in [0.29, 0.717) is 41.1 Å². The lowest BCUT2D eigenvalue weighted by atomic mass is 10.0. The quantitative estimate of drug-likeness (QED) is 0.364. The van der Waals surface area contributed by atoms with Gasteiger partial charge in [-0.2, -0.15) is 0 Å². The standard InChI is InChI=1S/C20H25NO3S2/c1-4-12-24-18(22)6-5-11-21-19(23)17(26-20(21)25)13-15-7-9-16(10-8-15)14(2)3/h7-10,13-14H,4-6,11-12H2,1-3H3/b17-13+. The monoisotopic (exact) mass is 391 g/mol. The smallest absolute Gasteiger partial charge is 0.305 e. The van der Waals surface area contributed by atoms with E-state index in [2.05, 4.69) is 26.0 Å². The molecule has 0 bridgehead atoms. The van der Waals surface area contributed by atoms with Gasteiger partial charge in [0.25, 0.3) is 5.91 Å². The first kappa shape index (κ1) is 20.6. The number of carbonyl (C=O) groups excluding carboxylic acids is 2. The summed E-state index contributed by atoms with van der Waals surface area (Å²) in [5.41, 5.74) is 2.25. The van der Waals surface area contributed by atoms with E-state index in [1.807, 2.05) is 25.1 Å². The minimum atomic E-state index is -0.224. The average Bonchev–Trinajstić information content (AvgIpc) is 2.87. The average molecular weight is 392 g/mol. The van der Waals surface area contributed by atoms with Crippen molar-refractivity contribution in [2.75, 3.05) is 13.2 Å². The zero-order valence-corrected chi connectivity index (χ0v) is 17.1. The van der Waals surface area contributed by atoms with Crippen molar-refractivity contribution in [3.63, 3.8) is 0 Å². The molecule has 4 nitrogen and oxygen atoms in total. The van der Waals surface area contributed by atoms with Gasteiger partial charge in [0.05, 0.1) is 11.5 Å². The fraction of sp³-hybridized carbons (Fsp3) is 0.450. The third kappa shape index (κ3) is 5.68. The number of ether oxygens (including phenoxy) is 1. The Labute approximate surface area is 165 Å². The predicted molar refractivity (Wildman–Crippen MR) is 111 cm³/mol. The summed E-state index contributed by atoms with van der Waals surface area (Å²) in [5.74, 6) is 0.166. The summed E-state index contributed by atoms with van der Waals surface area (Å²) >= 11 is 6.64. The lowest BCUT2D eigenvalue weighted by molar-refractivity contribution is -0.144. The summed E-state index contributed by atoms with van der Waals surface area (Å²) in [6.07, 6.45) is 3.53. The molecule has 2 rings (SSSR count). The van der Waals surface area contributed by atoms with Gasteiger partial charge < -0.3 is 4.74 Å². The van der Waals surface area contributed by atoms with Gasteiger partial charge >= 0.3 is 5.97 Å². The zero-order valence-electron chi connectivity index (χ0n) is 15.5.